The highest BCUT2D eigenvalue weighted by molar-refractivity contribution is 9.10. The number of hydrogen-bond acceptors (Lipinski definition) is 4. The summed E-state index contributed by atoms with van der Waals surface area (Å²) in [6.45, 7) is 1.58. The molecule has 2 N–H and O–H groups in total. The summed E-state index contributed by atoms with van der Waals surface area (Å²) in [6, 6.07) is 11.1. The third kappa shape index (κ3) is 4.21. The number of halogens is 1. The summed E-state index contributed by atoms with van der Waals surface area (Å²) in [4.78, 5) is 4.06. The van der Waals surface area contributed by atoms with Crippen LogP contribution < -0.4 is 10.0 Å². The fraction of sp³-hybridized carbons (Fsp3) is 0.154. The average Bonchev–Trinajstić information content (AvgIpc) is 2.43. The van der Waals surface area contributed by atoms with E-state index >= 15 is 0 Å². The first-order chi connectivity index (χ1) is 9.48. The summed E-state index contributed by atoms with van der Waals surface area (Å²) < 4.78 is 26.2. The van der Waals surface area contributed by atoms with E-state index < -0.39 is 10.0 Å². The Kier molecular flexibility index (Phi) is 4.61. The SMILES string of the molecule is CCS(=O)(=O)Nc1ccc(Nc2ccc(Br)cc2)cn1. The molecule has 0 atom stereocenters. The Hall–Kier alpha value is -1.60. The van der Waals surface area contributed by atoms with Crippen molar-refractivity contribution in [1.29, 1.82) is 0 Å². The molecule has 2 rings (SSSR count). The van der Waals surface area contributed by atoms with Crippen LogP contribution in [0, 0.1) is 0 Å². The van der Waals surface area contributed by atoms with E-state index in [9.17, 15) is 8.42 Å². The summed E-state index contributed by atoms with van der Waals surface area (Å²) >= 11 is 3.37. The van der Waals surface area contributed by atoms with Crippen molar-refractivity contribution in [3.05, 3.63) is 47.1 Å². The van der Waals surface area contributed by atoms with Crippen molar-refractivity contribution in [2.24, 2.45) is 0 Å². The molecule has 0 bridgehead atoms. The van der Waals surface area contributed by atoms with Gasteiger partial charge in [-0.2, -0.15) is 0 Å². The quantitative estimate of drug-likeness (QED) is 0.862. The molecule has 0 aliphatic rings. The Morgan fingerprint density at radius 2 is 1.75 bits per heavy atom. The topological polar surface area (TPSA) is 71.1 Å². The van der Waals surface area contributed by atoms with E-state index in [1.807, 2.05) is 24.3 Å². The number of sulfonamides is 1. The molecule has 5 nitrogen and oxygen atoms in total. The van der Waals surface area contributed by atoms with Crippen LogP contribution >= 0.6 is 15.9 Å². The zero-order valence-electron chi connectivity index (χ0n) is 10.8. The van der Waals surface area contributed by atoms with Crippen molar-refractivity contribution >= 4 is 43.1 Å². The van der Waals surface area contributed by atoms with E-state index in [1.54, 1.807) is 25.3 Å². The van der Waals surface area contributed by atoms with Gasteiger partial charge in [-0.15, -0.1) is 0 Å². The maximum absolute atomic E-state index is 11.4. The van der Waals surface area contributed by atoms with Crippen LogP contribution in [0.3, 0.4) is 0 Å². The molecule has 0 radical (unpaired) electrons. The van der Waals surface area contributed by atoms with Crippen LogP contribution in [0.5, 0.6) is 0 Å². The van der Waals surface area contributed by atoms with E-state index in [4.69, 9.17) is 0 Å². The summed E-state index contributed by atoms with van der Waals surface area (Å²) in [5, 5.41) is 3.17. The molecule has 7 heteroatoms. The molecule has 0 aliphatic carbocycles. The number of anilines is 3. The highest BCUT2D eigenvalue weighted by Crippen LogP contribution is 2.19. The smallest absolute Gasteiger partial charge is 0.233 e. The number of nitrogens with one attached hydrogen (secondary N) is 2. The molecule has 1 aromatic carbocycles. The first-order valence-corrected chi connectivity index (χ1v) is 8.42. The van der Waals surface area contributed by atoms with E-state index in [0.29, 0.717) is 5.82 Å². The standard InChI is InChI=1S/C13H14BrN3O2S/c1-2-20(18,19)17-13-8-7-12(9-15-13)16-11-5-3-10(14)4-6-11/h3-9,16H,2H2,1H3,(H,15,17). The van der Waals surface area contributed by atoms with Gasteiger partial charge in [-0.05, 0) is 43.3 Å². The first-order valence-electron chi connectivity index (χ1n) is 5.97. The zero-order valence-corrected chi connectivity index (χ0v) is 13.2. The van der Waals surface area contributed by atoms with Crippen LogP contribution in [0.1, 0.15) is 6.92 Å². The Morgan fingerprint density at radius 1 is 1.10 bits per heavy atom. The van der Waals surface area contributed by atoms with Gasteiger partial charge in [-0.25, -0.2) is 13.4 Å². The lowest BCUT2D eigenvalue weighted by Crippen LogP contribution is -2.15. The molecular weight excluding hydrogens is 342 g/mol. The van der Waals surface area contributed by atoms with Crippen molar-refractivity contribution in [2.75, 3.05) is 15.8 Å². The summed E-state index contributed by atoms with van der Waals surface area (Å²) in [6.07, 6.45) is 1.58. The number of rotatable bonds is 5. The molecular formula is C13H14BrN3O2S. The van der Waals surface area contributed by atoms with E-state index in [2.05, 4.69) is 31.0 Å². The number of pyridine rings is 1. The molecule has 0 saturated heterocycles. The normalized spacial score (nSPS) is 11.1. The average molecular weight is 356 g/mol. The number of aromatic nitrogens is 1. The lowest BCUT2D eigenvalue weighted by atomic mass is 10.3. The number of nitrogens with zero attached hydrogens (tertiary/aromatic N) is 1. The fourth-order valence-corrected chi connectivity index (χ4v) is 2.31. The van der Waals surface area contributed by atoms with Crippen molar-refractivity contribution in [2.45, 2.75) is 6.92 Å². The van der Waals surface area contributed by atoms with Crippen LogP contribution in [0.25, 0.3) is 0 Å². The maximum atomic E-state index is 11.4. The van der Waals surface area contributed by atoms with E-state index in [-0.39, 0.29) is 5.75 Å². The van der Waals surface area contributed by atoms with Crippen molar-refractivity contribution in [3.8, 4) is 0 Å². The second-order valence-corrected chi connectivity index (χ2v) is 7.00. The molecule has 20 heavy (non-hydrogen) atoms. The number of hydrogen-bond donors (Lipinski definition) is 2. The third-order valence-electron chi connectivity index (χ3n) is 2.54. The lowest BCUT2D eigenvalue weighted by molar-refractivity contribution is 0.602. The van der Waals surface area contributed by atoms with Gasteiger partial charge >= 0.3 is 0 Å². The molecule has 0 fully saturated rings. The molecule has 0 spiro atoms. The van der Waals surface area contributed by atoms with E-state index in [1.165, 1.54) is 0 Å². The molecule has 0 saturated carbocycles. The molecule has 0 unspecified atom stereocenters. The minimum absolute atomic E-state index is 0.0214. The van der Waals surface area contributed by atoms with Gasteiger partial charge in [0.25, 0.3) is 0 Å². The predicted octanol–water partition coefficient (Wildman–Crippen LogP) is 3.35. The zero-order chi connectivity index (χ0) is 14.6. The molecule has 0 aliphatic heterocycles. The van der Waals surface area contributed by atoms with Crippen LogP contribution in [0.15, 0.2) is 47.1 Å². The maximum Gasteiger partial charge on any atom is 0.233 e. The Balaban J connectivity index is 2.07. The monoisotopic (exact) mass is 355 g/mol. The molecule has 2 aromatic rings. The van der Waals surface area contributed by atoms with Gasteiger partial charge in [-0.3, -0.25) is 4.72 Å². The van der Waals surface area contributed by atoms with Crippen LogP contribution in [0.4, 0.5) is 17.2 Å². The predicted molar refractivity (Wildman–Crippen MR) is 84.7 cm³/mol. The van der Waals surface area contributed by atoms with Crippen molar-refractivity contribution < 1.29 is 8.42 Å². The fourth-order valence-electron chi connectivity index (χ4n) is 1.46. The first kappa shape index (κ1) is 14.8. The van der Waals surface area contributed by atoms with Gasteiger partial charge < -0.3 is 5.32 Å². The third-order valence-corrected chi connectivity index (χ3v) is 4.35. The van der Waals surface area contributed by atoms with Gasteiger partial charge in [0.15, 0.2) is 0 Å². The Bertz CT molecular complexity index is 670. The summed E-state index contributed by atoms with van der Waals surface area (Å²) in [5.74, 6) is 0.335. The van der Waals surface area contributed by atoms with Gasteiger partial charge in [-0.1, -0.05) is 15.9 Å². The minimum Gasteiger partial charge on any atom is -0.354 e. The van der Waals surface area contributed by atoms with Gasteiger partial charge in [0, 0.05) is 10.2 Å². The minimum atomic E-state index is -3.29. The number of benzene rings is 1. The summed E-state index contributed by atoms with van der Waals surface area (Å²) in [7, 11) is -3.29. The van der Waals surface area contributed by atoms with Gasteiger partial charge in [0.2, 0.25) is 10.0 Å². The second kappa shape index (κ2) is 6.23. The highest BCUT2D eigenvalue weighted by Gasteiger charge is 2.07. The summed E-state index contributed by atoms with van der Waals surface area (Å²) in [5.41, 5.74) is 1.71. The Labute approximate surface area is 126 Å². The van der Waals surface area contributed by atoms with Crippen LogP contribution in [-0.2, 0) is 10.0 Å². The van der Waals surface area contributed by atoms with E-state index in [0.717, 1.165) is 15.8 Å². The largest absolute Gasteiger partial charge is 0.354 e. The molecule has 1 aromatic heterocycles. The molecule has 106 valence electrons. The van der Waals surface area contributed by atoms with Crippen molar-refractivity contribution in [3.63, 3.8) is 0 Å². The highest BCUT2D eigenvalue weighted by atomic mass is 79.9. The molecule has 1 heterocycles. The van der Waals surface area contributed by atoms with Gasteiger partial charge in [0.05, 0.1) is 17.6 Å². The lowest BCUT2D eigenvalue weighted by Gasteiger charge is -2.08. The Morgan fingerprint density at radius 3 is 2.30 bits per heavy atom. The second-order valence-electron chi connectivity index (χ2n) is 4.07. The van der Waals surface area contributed by atoms with Gasteiger partial charge in [0.1, 0.15) is 5.82 Å². The molecule has 0 amide bonds. The van der Waals surface area contributed by atoms with Crippen molar-refractivity contribution in [1.82, 2.24) is 4.98 Å². The van der Waals surface area contributed by atoms with Crippen LogP contribution in [0.2, 0.25) is 0 Å². The van der Waals surface area contributed by atoms with Crippen LogP contribution in [-0.4, -0.2) is 19.2 Å².